The fourth-order valence-electron chi connectivity index (χ4n) is 9.61. The fourth-order valence-corrected chi connectivity index (χ4v) is 11.1. The lowest BCUT2D eigenvalue weighted by atomic mass is 9.65. The van der Waals surface area contributed by atoms with Crippen LogP contribution in [0, 0.1) is 24.2 Å². The molecule has 3 aromatic rings. The Labute approximate surface area is 340 Å². The fraction of sp³-hybridized carbons (Fsp3) is 0.674. The van der Waals surface area contributed by atoms with E-state index in [-0.39, 0.29) is 18.1 Å². The number of carbonyl (C=O) groups excluding carboxylic acids is 2. The van der Waals surface area contributed by atoms with Crippen LogP contribution in [0.2, 0.25) is 0 Å². The highest BCUT2D eigenvalue weighted by Crippen LogP contribution is 2.47. The van der Waals surface area contributed by atoms with E-state index in [0.717, 1.165) is 123 Å². The van der Waals surface area contributed by atoms with Crippen LogP contribution in [0.3, 0.4) is 0 Å². The molecule has 0 bridgehead atoms. The molecule has 1 N–H and O–H groups in total. The number of methoxy groups -OCH3 is 1. The zero-order valence-electron chi connectivity index (χ0n) is 33.8. The first-order chi connectivity index (χ1) is 26.3. The molecule has 55 heavy (non-hydrogen) atoms. The number of rotatable bonds is 8. The molecule has 0 radical (unpaired) electrons. The van der Waals surface area contributed by atoms with Gasteiger partial charge < -0.3 is 24.6 Å². The third-order valence-electron chi connectivity index (χ3n) is 12.9. The van der Waals surface area contributed by atoms with Gasteiger partial charge in [0.25, 0.3) is 0 Å². The van der Waals surface area contributed by atoms with Crippen LogP contribution >= 0.6 is 27.3 Å². The molecule has 0 unspecified atom stereocenters. The highest BCUT2D eigenvalue weighted by molar-refractivity contribution is 9.10. The number of carbonyl (C=O) groups is 2. The summed E-state index contributed by atoms with van der Waals surface area (Å²) >= 11 is 5.31. The van der Waals surface area contributed by atoms with E-state index < -0.39 is 5.60 Å². The van der Waals surface area contributed by atoms with E-state index in [4.69, 9.17) is 19.4 Å². The number of nitrogens with zero attached hydrogens (tertiary/aromatic N) is 5. The summed E-state index contributed by atoms with van der Waals surface area (Å²) in [6.07, 6.45) is 10.9. The van der Waals surface area contributed by atoms with Gasteiger partial charge in [-0.15, -0.1) is 11.3 Å². The molecule has 2 aromatic heterocycles. The Morgan fingerprint density at radius 3 is 2.25 bits per heavy atom. The number of aromatic nitrogens is 2. The first kappa shape index (κ1) is 40.2. The number of benzene rings is 1. The van der Waals surface area contributed by atoms with E-state index in [9.17, 15) is 9.59 Å². The molecule has 2 saturated heterocycles. The van der Waals surface area contributed by atoms with E-state index in [1.54, 1.807) is 18.4 Å². The first-order valence-electron chi connectivity index (χ1n) is 20.6. The number of piperidine rings is 1. The van der Waals surface area contributed by atoms with Crippen molar-refractivity contribution in [2.45, 2.75) is 116 Å². The van der Waals surface area contributed by atoms with Gasteiger partial charge >= 0.3 is 6.09 Å². The number of nitrogens with one attached hydrogen (secondary N) is 1. The van der Waals surface area contributed by atoms with Crippen molar-refractivity contribution in [3.05, 3.63) is 44.3 Å². The van der Waals surface area contributed by atoms with Gasteiger partial charge in [0.05, 0.1) is 18.7 Å². The molecule has 2 aliphatic carbocycles. The molecule has 10 nitrogen and oxygen atoms in total. The summed E-state index contributed by atoms with van der Waals surface area (Å²) in [7, 11) is 1.74. The van der Waals surface area contributed by atoms with Gasteiger partial charge in [0, 0.05) is 77.9 Å². The Morgan fingerprint density at radius 2 is 1.64 bits per heavy atom. The van der Waals surface area contributed by atoms with E-state index in [2.05, 4.69) is 61.5 Å². The standard InChI is InChI=1S/C43H61BrN6O4S/c1-28(38-23-33(44)27-55-38)45-39-35-24-34(37(53-6)25-36(35)46-29(2)47-39)31-7-9-32(10-8-31)40(51)49-21-19-48(20-22-49)26-30-11-13-43(14-12-30)15-17-50(18-16-43)41(52)54-42(3,4)5/h23-25,27-28,30-32H,7-22,26H2,1-6H3,(H,45,46,47)/t28-,31?,32?/m1/s1. The number of anilines is 1. The Bertz CT molecular complexity index is 1810. The van der Waals surface area contributed by atoms with E-state index in [0.29, 0.717) is 17.2 Å². The summed E-state index contributed by atoms with van der Waals surface area (Å²) in [5.74, 6) is 3.94. The molecule has 2 saturated carbocycles. The molecule has 4 aliphatic rings. The Hall–Kier alpha value is -2.96. The van der Waals surface area contributed by atoms with Gasteiger partial charge in [-0.2, -0.15) is 0 Å². The first-order valence-corrected chi connectivity index (χ1v) is 22.3. The van der Waals surface area contributed by atoms with Crippen LogP contribution in [-0.2, 0) is 9.53 Å². The number of thiophene rings is 1. The van der Waals surface area contributed by atoms with Gasteiger partial charge in [0.15, 0.2) is 0 Å². The SMILES string of the molecule is COc1cc2nc(C)nc(N[C@H](C)c3cc(Br)cs3)c2cc1C1CCC(C(=O)N2CCN(CC3CCC4(CC3)CCN(C(=O)OC(C)(C)C)CC4)CC2)CC1. The van der Waals surface area contributed by atoms with Crippen molar-refractivity contribution < 1.29 is 19.1 Å². The number of amides is 2. The van der Waals surface area contributed by atoms with Crippen molar-refractivity contribution in [2.24, 2.45) is 17.3 Å². The maximum Gasteiger partial charge on any atom is 0.410 e. The van der Waals surface area contributed by atoms with Gasteiger partial charge in [-0.05, 0) is 150 Å². The summed E-state index contributed by atoms with van der Waals surface area (Å²) in [4.78, 5) is 43.9. The molecule has 2 amide bonds. The third kappa shape index (κ3) is 9.61. The summed E-state index contributed by atoms with van der Waals surface area (Å²) in [5, 5.41) is 6.77. The molecule has 4 heterocycles. The molecule has 1 spiro atoms. The Balaban J connectivity index is 0.878. The van der Waals surface area contributed by atoms with Gasteiger partial charge in [-0.3, -0.25) is 9.69 Å². The molecular formula is C43H61BrN6O4S. The van der Waals surface area contributed by atoms with Crippen LogP contribution in [0.5, 0.6) is 5.75 Å². The number of fused-ring (bicyclic) bond motifs is 1. The zero-order valence-corrected chi connectivity index (χ0v) is 36.2. The van der Waals surface area contributed by atoms with Crippen LogP contribution in [0.1, 0.15) is 120 Å². The highest BCUT2D eigenvalue weighted by Gasteiger charge is 2.40. The minimum Gasteiger partial charge on any atom is -0.496 e. The number of piperazine rings is 1. The smallest absolute Gasteiger partial charge is 0.410 e. The van der Waals surface area contributed by atoms with E-state index in [1.807, 2.05) is 32.6 Å². The molecule has 1 aromatic carbocycles. The predicted octanol–water partition coefficient (Wildman–Crippen LogP) is 9.57. The Morgan fingerprint density at radius 1 is 0.945 bits per heavy atom. The summed E-state index contributed by atoms with van der Waals surface area (Å²) < 4.78 is 12.7. The van der Waals surface area contributed by atoms with Crippen LogP contribution in [-0.4, -0.2) is 95.2 Å². The van der Waals surface area contributed by atoms with Gasteiger partial charge in [0.1, 0.15) is 23.0 Å². The van der Waals surface area contributed by atoms with Crippen molar-refractivity contribution in [1.29, 1.82) is 0 Å². The largest absolute Gasteiger partial charge is 0.496 e. The lowest BCUT2D eigenvalue weighted by Crippen LogP contribution is -2.52. The Kier molecular flexibility index (Phi) is 12.3. The van der Waals surface area contributed by atoms with Crippen LogP contribution < -0.4 is 10.1 Å². The van der Waals surface area contributed by atoms with Crippen molar-refractivity contribution >= 4 is 56.0 Å². The quantitative estimate of drug-likeness (QED) is 0.240. The van der Waals surface area contributed by atoms with Gasteiger partial charge in [0.2, 0.25) is 5.91 Å². The van der Waals surface area contributed by atoms with E-state index >= 15 is 0 Å². The minimum atomic E-state index is -0.446. The molecule has 2 aliphatic heterocycles. The summed E-state index contributed by atoms with van der Waals surface area (Å²) in [5.41, 5.74) is 2.02. The van der Waals surface area contributed by atoms with Gasteiger partial charge in [-0.1, -0.05) is 0 Å². The van der Waals surface area contributed by atoms with Crippen molar-refractivity contribution in [1.82, 2.24) is 24.7 Å². The molecule has 1 atom stereocenters. The molecule has 4 fully saturated rings. The number of likely N-dealkylation sites (tertiary alicyclic amines) is 1. The van der Waals surface area contributed by atoms with Crippen molar-refractivity contribution in [3.63, 3.8) is 0 Å². The molecular weight excluding hydrogens is 776 g/mol. The second-order valence-corrected chi connectivity index (χ2v) is 19.7. The average molecular weight is 838 g/mol. The molecule has 7 rings (SSSR count). The topological polar surface area (TPSA) is 100 Å². The highest BCUT2D eigenvalue weighted by atomic mass is 79.9. The average Bonchev–Trinajstić information content (AvgIpc) is 3.61. The predicted molar refractivity (Wildman–Crippen MR) is 224 cm³/mol. The number of ether oxygens (including phenoxy) is 2. The van der Waals surface area contributed by atoms with Crippen LogP contribution in [0.25, 0.3) is 10.9 Å². The van der Waals surface area contributed by atoms with Crippen LogP contribution in [0.4, 0.5) is 10.6 Å². The summed E-state index contributed by atoms with van der Waals surface area (Å²) in [6, 6.07) is 6.56. The number of halogens is 1. The summed E-state index contributed by atoms with van der Waals surface area (Å²) in [6.45, 7) is 16.3. The molecule has 300 valence electrons. The number of aryl methyl sites for hydroxylation is 1. The maximum atomic E-state index is 13.8. The van der Waals surface area contributed by atoms with Crippen molar-refractivity contribution in [2.75, 3.05) is 58.2 Å². The third-order valence-corrected chi connectivity index (χ3v) is 14.8. The van der Waals surface area contributed by atoms with Gasteiger partial charge in [-0.25, -0.2) is 14.8 Å². The minimum absolute atomic E-state index is 0.0969. The molecule has 12 heteroatoms. The second-order valence-electron chi connectivity index (χ2n) is 17.8. The number of hydrogen-bond donors (Lipinski definition) is 1. The normalized spacial score (nSPS) is 23.2. The monoisotopic (exact) mass is 836 g/mol. The lowest BCUT2D eigenvalue weighted by Gasteiger charge is -2.47. The second kappa shape index (κ2) is 16.9. The van der Waals surface area contributed by atoms with E-state index in [1.165, 1.54) is 36.1 Å². The zero-order chi connectivity index (χ0) is 38.9. The lowest BCUT2D eigenvalue weighted by molar-refractivity contribution is -0.138. The van der Waals surface area contributed by atoms with Crippen LogP contribution in [0.15, 0.2) is 28.1 Å². The van der Waals surface area contributed by atoms with Crippen molar-refractivity contribution in [3.8, 4) is 5.75 Å². The maximum absolute atomic E-state index is 13.8. The number of hydrogen-bond acceptors (Lipinski definition) is 9.